The number of hydrogen-bond acceptors (Lipinski definition) is 5. The largest absolute Gasteiger partial charge is 0.348 e. The van der Waals surface area contributed by atoms with E-state index in [2.05, 4.69) is 20.4 Å². The van der Waals surface area contributed by atoms with Crippen molar-refractivity contribution in [1.82, 2.24) is 20.4 Å². The Bertz CT molecular complexity index is 573. The molecule has 1 aromatic carbocycles. The van der Waals surface area contributed by atoms with Crippen LogP contribution in [0.25, 0.3) is 0 Å². The predicted molar refractivity (Wildman–Crippen MR) is 80.1 cm³/mol. The van der Waals surface area contributed by atoms with Crippen LogP contribution in [0.3, 0.4) is 0 Å². The molecule has 1 unspecified atom stereocenters. The fourth-order valence-electron chi connectivity index (χ4n) is 1.84. The number of hydrogen-bond donors (Lipinski definition) is 1. The first-order valence-electron chi connectivity index (χ1n) is 6.06. The van der Waals surface area contributed by atoms with E-state index in [9.17, 15) is 4.79 Å². The van der Waals surface area contributed by atoms with E-state index >= 15 is 0 Å². The Labute approximate surface area is 126 Å². The van der Waals surface area contributed by atoms with E-state index in [0.717, 1.165) is 16.9 Å². The molecule has 0 saturated carbocycles. The molecule has 0 aliphatic rings. The van der Waals surface area contributed by atoms with Crippen LogP contribution in [0.5, 0.6) is 0 Å². The van der Waals surface area contributed by atoms with E-state index < -0.39 is 0 Å². The molecule has 1 heterocycles. The predicted octanol–water partition coefficient (Wildman–Crippen LogP) is 2.22. The highest BCUT2D eigenvalue weighted by Crippen LogP contribution is 2.18. The van der Waals surface area contributed by atoms with Gasteiger partial charge in [0.2, 0.25) is 9.47 Å². The molecular formula is C13H15ClN4OS. The molecule has 1 aromatic heterocycles. The highest BCUT2D eigenvalue weighted by molar-refractivity contribution is 7.17. The molecule has 20 heavy (non-hydrogen) atoms. The third kappa shape index (κ3) is 3.75. The van der Waals surface area contributed by atoms with Gasteiger partial charge < -0.3 is 10.2 Å². The number of likely N-dealkylation sites (N-methyl/N-ethyl adjacent to an activating group) is 1. The number of carbonyl (C=O) groups is 1. The Morgan fingerprint density at radius 1 is 1.35 bits per heavy atom. The summed E-state index contributed by atoms with van der Waals surface area (Å²) in [7, 11) is 3.96. The van der Waals surface area contributed by atoms with Crippen molar-refractivity contribution in [3.05, 3.63) is 45.4 Å². The molecule has 1 N–H and O–H groups in total. The maximum absolute atomic E-state index is 11.9. The van der Waals surface area contributed by atoms with Gasteiger partial charge in [-0.1, -0.05) is 41.7 Å². The lowest BCUT2D eigenvalue weighted by molar-refractivity contribution is 0.0941. The fraction of sp³-hybridized carbons (Fsp3) is 0.308. The van der Waals surface area contributed by atoms with Crippen molar-refractivity contribution < 1.29 is 4.79 Å². The van der Waals surface area contributed by atoms with Crippen molar-refractivity contribution in [2.75, 3.05) is 20.6 Å². The van der Waals surface area contributed by atoms with E-state index in [1.165, 1.54) is 0 Å². The van der Waals surface area contributed by atoms with Crippen LogP contribution in [-0.4, -0.2) is 41.6 Å². The van der Waals surface area contributed by atoms with E-state index in [4.69, 9.17) is 11.6 Å². The number of carbonyl (C=O) groups excluding carboxylic acids is 1. The first kappa shape index (κ1) is 14.9. The van der Waals surface area contributed by atoms with Crippen LogP contribution in [0.1, 0.15) is 21.4 Å². The fourth-order valence-corrected chi connectivity index (χ4v) is 2.58. The van der Waals surface area contributed by atoms with Gasteiger partial charge in [-0.25, -0.2) is 0 Å². The number of nitrogens with zero attached hydrogens (tertiary/aromatic N) is 3. The molecule has 2 aromatic rings. The Hall–Kier alpha value is -1.50. The zero-order valence-electron chi connectivity index (χ0n) is 11.2. The van der Waals surface area contributed by atoms with Crippen LogP contribution < -0.4 is 5.32 Å². The molecule has 0 aliphatic carbocycles. The summed E-state index contributed by atoms with van der Waals surface area (Å²) < 4.78 is 0.266. The zero-order chi connectivity index (χ0) is 14.5. The monoisotopic (exact) mass is 310 g/mol. The van der Waals surface area contributed by atoms with Gasteiger partial charge in [0.1, 0.15) is 0 Å². The molecule has 2 rings (SSSR count). The second-order valence-corrected chi connectivity index (χ2v) is 6.02. The highest BCUT2D eigenvalue weighted by atomic mass is 35.5. The van der Waals surface area contributed by atoms with Crippen molar-refractivity contribution in [2.45, 2.75) is 6.04 Å². The number of nitrogens with one attached hydrogen (secondary N) is 1. The van der Waals surface area contributed by atoms with Crippen LogP contribution in [0.15, 0.2) is 30.3 Å². The van der Waals surface area contributed by atoms with Crippen LogP contribution in [0.2, 0.25) is 4.47 Å². The van der Waals surface area contributed by atoms with Gasteiger partial charge in [-0.2, -0.15) is 0 Å². The Balaban J connectivity index is 2.01. The molecule has 0 aliphatic heterocycles. The number of amides is 1. The molecule has 106 valence electrons. The van der Waals surface area contributed by atoms with Crippen molar-refractivity contribution in [2.24, 2.45) is 0 Å². The van der Waals surface area contributed by atoms with Crippen molar-refractivity contribution in [3.8, 4) is 0 Å². The van der Waals surface area contributed by atoms with Crippen LogP contribution in [0, 0.1) is 0 Å². The third-order valence-corrected chi connectivity index (χ3v) is 3.88. The zero-order valence-corrected chi connectivity index (χ0v) is 12.8. The van der Waals surface area contributed by atoms with E-state index in [-0.39, 0.29) is 21.4 Å². The van der Waals surface area contributed by atoms with Crippen LogP contribution >= 0.6 is 22.9 Å². The van der Waals surface area contributed by atoms with Gasteiger partial charge in [0, 0.05) is 6.54 Å². The lowest BCUT2D eigenvalue weighted by Crippen LogP contribution is -2.34. The summed E-state index contributed by atoms with van der Waals surface area (Å²) in [5, 5.41) is 10.5. The second kappa shape index (κ2) is 6.78. The quantitative estimate of drug-likeness (QED) is 0.920. The van der Waals surface area contributed by atoms with Gasteiger partial charge >= 0.3 is 0 Å². The molecule has 1 atom stereocenters. The summed E-state index contributed by atoms with van der Waals surface area (Å²) in [6.45, 7) is 0.493. The van der Waals surface area contributed by atoms with Gasteiger partial charge in [-0.3, -0.25) is 4.79 Å². The number of benzene rings is 1. The molecular weight excluding hydrogens is 296 g/mol. The first-order valence-corrected chi connectivity index (χ1v) is 7.26. The topological polar surface area (TPSA) is 58.1 Å². The third-order valence-electron chi connectivity index (χ3n) is 2.86. The lowest BCUT2D eigenvalue weighted by atomic mass is 10.1. The molecule has 0 saturated heterocycles. The minimum absolute atomic E-state index is 0.101. The molecule has 1 amide bonds. The molecule has 0 radical (unpaired) electrons. The minimum atomic E-state index is -0.253. The average Bonchev–Trinajstić information content (AvgIpc) is 2.86. The smallest absolute Gasteiger partial charge is 0.282 e. The summed E-state index contributed by atoms with van der Waals surface area (Å²) in [6.07, 6.45) is 0. The van der Waals surface area contributed by atoms with E-state index in [1.54, 1.807) is 0 Å². The van der Waals surface area contributed by atoms with Crippen molar-refractivity contribution >= 4 is 28.8 Å². The van der Waals surface area contributed by atoms with Crippen LogP contribution in [0.4, 0.5) is 0 Å². The van der Waals surface area contributed by atoms with Gasteiger partial charge in [0.15, 0.2) is 0 Å². The second-order valence-electron chi connectivity index (χ2n) is 4.46. The summed E-state index contributed by atoms with van der Waals surface area (Å²) >= 11 is 6.74. The Morgan fingerprint density at radius 2 is 2.05 bits per heavy atom. The summed E-state index contributed by atoms with van der Waals surface area (Å²) in [6, 6.07) is 10.1. The van der Waals surface area contributed by atoms with Gasteiger partial charge in [0.05, 0.1) is 6.04 Å². The Morgan fingerprint density at radius 3 is 2.60 bits per heavy atom. The SMILES string of the molecule is CN(C)C(CNC(=O)c1nnc(Cl)s1)c1ccccc1. The molecule has 0 fully saturated rings. The number of aromatic nitrogens is 2. The molecule has 5 nitrogen and oxygen atoms in total. The summed E-state index contributed by atoms with van der Waals surface area (Å²) in [4.78, 5) is 14.0. The number of halogens is 1. The number of rotatable bonds is 5. The van der Waals surface area contributed by atoms with E-state index in [1.807, 2.05) is 44.4 Å². The maximum atomic E-state index is 11.9. The van der Waals surface area contributed by atoms with Crippen LogP contribution in [-0.2, 0) is 0 Å². The van der Waals surface area contributed by atoms with Crippen molar-refractivity contribution in [1.29, 1.82) is 0 Å². The summed E-state index contributed by atoms with van der Waals surface area (Å²) in [5.74, 6) is -0.253. The lowest BCUT2D eigenvalue weighted by Gasteiger charge is -2.24. The molecule has 7 heteroatoms. The average molecular weight is 311 g/mol. The standard InChI is InChI=1S/C13H15ClN4OS/c1-18(2)10(9-6-4-3-5-7-9)8-15-11(19)12-16-17-13(14)20-12/h3-7,10H,8H2,1-2H3,(H,15,19). The minimum Gasteiger partial charge on any atom is -0.348 e. The van der Waals surface area contributed by atoms with Gasteiger partial charge in [0.25, 0.3) is 5.91 Å². The Kier molecular flexibility index (Phi) is 5.05. The highest BCUT2D eigenvalue weighted by Gasteiger charge is 2.17. The van der Waals surface area contributed by atoms with Crippen molar-refractivity contribution in [3.63, 3.8) is 0 Å². The normalized spacial score (nSPS) is 12.4. The molecule has 0 spiro atoms. The first-order chi connectivity index (χ1) is 9.58. The molecule has 0 bridgehead atoms. The van der Waals surface area contributed by atoms with E-state index in [0.29, 0.717) is 6.54 Å². The summed E-state index contributed by atoms with van der Waals surface area (Å²) in [5.41, 5.74) is 1.15. The van der Waals surface area contributed by atoms with Gasteiger partial charge in [-0.15, -0.1) is 10.2 Å². The van der Waals surface area contributed by atoms with Gasteiger partial charge in [-0.05, 0) is 31.3 Å². The maximum Gasteiger partial charge on any atom is 0.282 e.